The van der Waals surface area contributed by atoms with Crippen molar-refractivity contribution in [3.05, 3.63) is 95.6 Å². The van der Waals surface area contributed by atoms with E-state index in [1.165, 1.54) is 28.4 Å². The van der Waals surface area contributed by atoms with Crippen molar-refractivity contribution in [2.75, 3.05) is 11.9 Å². The summed E-state index contributed by atoms with van der Waals surface area (Å²) in [5, 5.41) is 11.7. The topological polar surface area (TPSA) is 70.5 Å². The van der Waals surface area contributed by atoms with E-state index in [9.17, 15) is 19.1 Å². The molecule has 7 heteroatoms. The summed E-state index contributed by atoms with van der Waals surface area (Å²) < 4.78 is 13.8. The molecular formula is C27H23FN2O3S. The van der Waals surface area contributed by atoms with Crippen LogP contribution in [0.2, 0.25) is 0 Å². The predicted molar refractivity (Wildman–Crippen MR) is 132 cm³/mol. The molecule has 0 radical (unpaired) electrons. The van der Waals surface area contributed by atoms with Gasteiger partial charge in [0.1, 0.15) is 5.82 Å². The highest BCUT2D eigenvalue weighted by molar-refractivity contribution is 7.14. The van der Waals surface area contributed by atoms with Crippen LogP contribution in [0.1, 0.15) is 12.0 Å². The van der Waals surface area contributed by atoms with E-state index in [4.69, 9.17) is 0 Å². The van der Waals surface area contributed by atoms with E-state index < -0.39 is 11.9 Å². The van der Waals surface area contributed by atoms with Crippen molar-refractivity contribution >= 4 is 28.3 Å². The Morgan fingerprint density at radius 2 is 1.71 bits per heavy atom. The summed E-state index contributed by atoms with van der Waals surface area (Å²) in [5.74, 6) is -2.35. The van der Waals surface area contributed by atoms with Gasteiger partial charge in [-0.2, -0.15) is 0 Å². The second-order valence-corrected chi connectivity index (χ2v) is 8.79. The van der Waals surface area contributed by atoms with Gasteiger partial charge < -0.3 is 5.11 Å². The summed E-state index contributed by atoms with van der Waals surface area (Å²) in [4.78, 5) is 30.8. The van der Waals surface area contributed by atoms with E-state index in [1.54, 1.807) is 13.1 Å². The maximum atomic E-state index is 13.8. The van der Waals surface area contributed by atoms with Gasteiger partial charge in [0, 0.05) is 18.0 Å². The first kappa shape index (κ1) is 23.3. The maximum Gasteiger partial charge on any atom is 0.304 e. The minimum atomic E-state index is -1.02. The lowest BCUT2D eigenvalue weighted by atomic mass is 9.95. The molecule has 1 amide bonds. The van der Waals surface area contributed by atoms with Crippen molar-refractivity contribution in [1.29, 1.82) is 0 Å². The Labute approximate surface area is 201 Å². The first-order chi connectivity index (χ1) is 16.4. The molecule has 0 fully saturated rings. The van der Waals surface area contributed by atoms with Crippen molar-refractivity contribution in [3.8, 4) is 22.4 Å². The van der Waals surface area contributed by atoms with Gasteiger partial charge in [0.15, 0.2) is 5.13 Å². The molecule has 4 aromatic rings. The Morgan fingerprint density at radius 1 is 1.00 bits per heavy atom. The van der Waals surface area contributed by atoms with E-state index in [1.807, 2.05) is 66.0 Å². The summed E-state index contributed by atoms with van der Waals surface area (Å²) in [6, 6.07) is 23.3. The number of nitrogens with zero attached hydrogens (tertiary/aromatic N) is 2. The molecule has 34 heavy (non-hydrogen) atoms. The number of carboxylic acid groups (broad SMARTS) is 1. The second-order valence-electron chi connectivity index (χ2n) is 7.95. The van der Waals surface area contributed by atoms with Gasteiger partial charge in [-0.05, 0) is 35.2 Å². The number of hydrogen-bond donors (Lipinski definition) is 1. The fourth-order valence-corrected chi connectivity index (χ4v) is 4.68. The third kappa shape index (κ3) is 5.38. The van der Waals surface area contributed by atoms with E-state index in [2.05, 4.69) is 4.98 Å². The minimum absolute atomic E-state index is 0.265. The molecular weight excluding hydrogens is 451 g/mol. The number of aromatic nitrogens is 1. The predicted octanol–water partition coefficient (Wildman–Crippen LogP) is 5.91. The number of hydrogen-bond acceptors (Lipinski definition) is 4. The molecule has 0 saturated carbocycles. The average molecular weight is 475 g/mol. The van der Waals surface area contributed by atoms with Crippen LogP contribution in [0.25, 0.3) is 22.4 Å². The lowest BCUT2D eigenvalue weighted by Gasteiger charge is -2.21. The number of carbonyl (C=O) groups excluding carboxylic acids is 1. The van der Waals surface area contributed by atoms with E-state index in [0.717, 1.165) is 22.3 Å². The molecule has 1 unspecified atom stereocenters. The normalized spacial score (nSPS) is 11.7. The molecule has 0 aliphatic rings. The quantitative estimate of drug-likeness (QED) is 0.345. The second kappa shape index (κ2) is 10.4. The number of rotatable bonds is 8. The van der Waals surface area contributed by atoms with Crippen LogP contribution in [-0.2, 0) is 16.0 Å². The van der Waals surface area contributed by atoms with Gasteiger partial charge in [0.05, 0.1) is 18.0 Å². The monoisotopic (exact) mass is 474 g/mol. The van der Waals surface area contributed by atoms with Crippen molar-refractivity contribution in [3.63, 3.8) is 0 Å². The van der Waals surface area contributed by atoms with Crippen LogP contribution < -0.4 is 4.90 Å². The molecule has 0 bridgehead atoms. The van der Waals surface area contributed by atoms with Gasteiger partial charge in [-0.15, -0.1) is 11.3 Å². The summed E-state index contributed by atoms with van der Waals surface area (Å²) in [7, 11) is 1.61. The highest BCUT2D eigenvalue weighted by atomic mass is 32.1. The van der Waals surface area contributed by atoms with Crippen LogP contribution in [0, 0.1) is 11.7 Å². The lowest BCUT2D eigenvalue weighted by molar-refractivity contribution is -0.140. The minimum Gasteiger partial charge on any atom is -0.481 e. The van der Waals surface area contributed by atoms with E-state index in [0.29, 0.717) is 17.2 Å². The van der Waals surface area contributed by atoms with Crippen LogP contribution in [0.3, 0.4) is 0 Å². The van der Waals surface area contributed by atoms with Gasteiger partial charge in [-0.3, -0.25) is 14.5 Å². The average Bonchev–Trinajstić information content (AvgIpc) is 3.33. The van der Waals surface area contributed by atoms with Crippen molar-refractivity contribution < 1.29 is 19.1 Å². The smallest absolute Gasteiger partial charge is 0.304 e. The first-order valence-corrected chi connectivity index (χ1v) is 11.6. The third-order valence-corrected chi connectivity index (χ3v) is 6.46. The van der Waals surface area contributed by atoms with Crippen LogP contribution in [0.5, 0.6) is 0 Å². The molecule has 0 spiro atoms. The number of carbonyl (C=O) groups is 2. The summed E-state index contributed by atoms with van der Waals surface area (Å²) in [6.45, 7) is 0. The molecule has 1 atom stereocenters. The van der Waals surface area contributed by atoms with Crippen LogP contribution in [0.15, 0.2) is 84.2 Å². The molecule has 5 nitrogen and oxygen atoms in total. The fraction of sp³-hybridized carbons (Fsp3) is 0.148. The van der Waals surface area contributed by atoms with Crippen molar-refractivity contribution in [1.82, 2.24) is 4.98 Å². The zero-order valence-electron chi connectivity index (χ0n) is 18.5. The third-order valence-electron chi connectivity index (χ3n) is 5.54. The largest absolute Gasteiger partial charge is 0.481 e. The SMILES string of the molecule is CN(C(=O)C(CC(=O)O)Cc1ccccc1)c1nc(-c2ccccc2-c2cccc(F)c2)cs1. The zero-order valence-corrected chi connectivity index (χ0v) is 19.3. The number of benzene rings is 3. The first-order valence-electron chi connectivity index (χ1n) is 10.8. The molecule has 3 aromatic carbocycles. The molecule has 0 aliphatic carbocycles. The number of carboxylic acids is 1. The maximum absolute atomic E-state index is 13.8. The van der Waals surface area contributed by atoms with Gasteiger partial charge in [-0.25, -0.2) is 9.37 Å². The highest BCUT2D eigenvalue weighted by Gasteiger charge is 2.27. The standard InChI is InChI=1S/C27H23FN2O3S/c1-30(26(33)20(16-25(31)32)14-18-8-3-2-4-9-18)27-29-24(17-34-27)23-13-6-5-12-22(23)19-10-7-11-21(28)15-19/h2-13,15,17,20H,14,16H2,1H3,(H,31,32). The summed E-state index contributed by atoms with van der Waals surface area (Å²) in [6.07, 6.45) is 0.0651. The highest BCUT2D eigenvalue weighted by Crippen LogP contribution is 2.35. The Morgan fingerprint density at radius 3 is 2.41 bits per heavy atom. The number of halogens is 1. The zero-order chi connectivity index (χ0) is 24.1. The van der Waals surface area contributed by atoms with E-state index >= 15 is 0 Å². The van der Waals surface area contributed by atoms with Crippen LogP contribution in [0.4, 0.5) is 9.52 Å². The van der Waals surface area contributed by atoms with Crippen molar-refractivity contribution in [2.24, 2.45) is 5.92 Å². The molecule has 0 aliphatic heterocycles. The van der Waals surface area contributed by atoms with Gasteiger partial charge in [-0.1, -0.05) is 66.7 Å². The molecule has 1 aromatic heterocycles. The van der Waals surface area contributed by atoms with E-state index in [-0.39, 0.29) is 18.1 Å². The van der Waals surface area contributed by atoms with Gasteiger partial charge in [0.25, 0.3) is 0 Å². The molecule has 0 saturated heterocycles. The fourth-order valence-electron chi connectivity index (χ4n) is 3.88. The Balaban J connectivity index is 1.60. The number of amides is 1. The van der Waals surface area contributed by atoms with Crippen LogP contribution >= 0.6 is 11.3 Å². The Kier molecular flexibility index (Phi) is 7.13. The molecule has 1 heterocycles. The molecule has 4 rings (SSSR count). The number of thiazole rings is 1. The summed E-state index contributed by atoms with van der Waals surface area (Å²) in [5.41, 5.74) is 3.96. The van der Waals surface area contributed by atoms with Crippen molar-refractivity contribution in [2.45, 2.75) is 12.8 Å². The van der Waals surface area contributed by atoms with Crippen LogP contribution in [-0.4, -0.2) is 29.0 Å². The molecule has 172 valence electrons. The number of aliphatic carboxylic acids is 1. The number of anilines is 1. The van der Waals surface area contributed by atoms with Gasteiger partial charge in [0.2, 0.25) is 5.91 Å². The molecule has 1 N–H and O–H groups in total. The Hall–Kier alpha value is -3.84. The van der Waals surface area contributed by atoms with Gasteiger partial charge >= 0.3 is 5.97 Å². The lowest BCUT2D eigenvalue weighted by Crippen LogP contribution is -2.35. The summed E-state index contributed by atoms with van der Waals surface area (Å²) >= 11 is 1.30. The Bertz CT molecular complexity index is 1310.